The van der Waals surface area contributed by atoms with Gasteiger partial charge in [0.15, 0.2) is 0 Å². The lowest BCUT2D eigenvalue weighted by Gasteiger charge is -2.08. The monoisotopic (exact) mass is 263 g/mol. The standard InChI is InChI=1S/C13H14ClN3O/c1-8-5-11(6-9(2)12(8)14)18-13-16-4-3-10(7-15)17-13/h3-6H,7,15H2,1-2H3. The van der Waals surface area contributed by atoms with E-state index in [0.29, 0.717) is 18.3 Å². The van der Waals surface area contributed by atoms with Gasteiger partial charge in [-0.1, -0.05) is 11.6 Å². The van der Waals surface area contributed by atoms with Gasteiger partial charge in [-0.2, -0.15) is 4.98 Å². The molecule has 2 rings (SSSR count). The van der Waals surface area contributed by atoms with Gasteiger partial charge < -0.3 is 10.5 Å². The number of benzene rings is 1. The smallest absolute Gasteiger partial charge is 0.322 e. The van der Waals surface area contributed by atoms with Crippen LogP contribution in [0.15, 0.2) is 24.4 Å². The number of ether oxygens (including phenoxy) is 1. The highest BCUT2D eigenvalue weighted by atomic mass is 35.5. The van der Waals surface area contributed by atoms with E-state index < -0.39 is 0 Å². The van der Waals surface area contributed by atoms with Gasteiger partial charge in [0, 0.05) is 17.8 Å². The lowest BCUT2D eigenvalue weighted by Crippen LogP contribution is -2.01. The van der Waals surface area contributed by atoms with E-state index in [0.717, 1.165) is 21.8 Å². The maximum atomic E-state index is 6.10. The predicted octanol–water partition coefficient (Wildman–Crippen LogP) is 3.00. The third kappa shape index (κ3) is 2.78. The van der Waals surface area contributed by atoms with Crippen molar-refractivity contribution in [3.8, 4) is 11.8 Å². The van der Waals surface area contributed by atoms with Crippen molar-refractivity contribution in [3.05, 3.63) is 46.2 Å². The number of aryl methyl sites for hydroxylation is 2. The molecule has 0 saturated heterocycles. The van der Waals surface area contributed by atoms with E-state index in [2.05, 4.69) is 9.97 Å². The number of hydrogen-bond acceptors (Lipinski definition) is 4. The number of nitrogens with two attached hydrogens (primary N) is 1. The number of nitrogens with zero attached hydrogens (tertiary/aromatic N) is 2. The minimum absolute atomic E-state index is 0.291. The highest BCUT2D eigenvalue weighted by Crippen LogP contribution is 2.27. The molecule has 1 aromatic heterocycles. The Labute approximate surface area is 111 Å². The third-order valence-corrected chi connectivity index (χ3v) is 3.12. The first kappa shape index (κ1) is 12.8. The highest BCUT2D eigenvalue weighted by molar-refractivity contribution is 6.32. The van der Waals surface area contributed by atoms with Gasteiger partial charge in [-0.25, -0.2) is 4.98 Å². The fourth-order valence-electron chi connectivity index (χ4n) is 1.61. The summed E-state index contributed by atoms with van der Waals surface area (Å²) >= 11 is 6.10. The van der Waals surface area contributed by atoms with Crippen molar-refractivity contribution in [1.82, 2.24) is 9.97 Å². The maximum Gasteiger partial charge on any atom is 0.322 e. The molecule has 0 atom stereocenters. The Morgan fingerprint density at radius 2 is 1.94 bits per heavy atom. The van der Waals surface area contributed by atoms with Crippen LogP contribution < -0.4 is 10.5 Å². The molecule has 94 valence electrons. The average molecular weight is 264 g/mol. The van der Waals surface area contributed by atoms with Crippen LogP contribution in [0, 0.1) is 13.8 Å². The summed E-state index contributed by atoms with van der Waals surface area (Å²) in [6.07, 6.45) is 1.63. The first-order valence-corrected chi connectivity index (χ1v) is 5.94. The molecular weight excluding hydrogens is 250 g/mol. The van der Waals surface area contributed by atoms with Crippen molar-refractivity contribution in [2.45, 2.75) is 20.4 Å². The maximum absolute atomic E-state index is 6.10. The van der Waals surface area contributed by atoms with E-state index in [9.17, 15) is 0 Å². The largest absolute Gasteiger partial charge is 0.424 e. The summed E-state index contributed by atoms with van der Waals surface area (Å²) in [6, 6.07) is 5.76. The molecule has 0 fully saturated rings. The Morgan fingerprint density at radius 3 is 2.56 bits per heavy atom. The predicted molar refractivity (Wildman–Crippen MR) is 70.9 cm³/mol. The van der Waals surface area contributed by atoms with Gasteiger partial charge in [-0.15, -0.1) is 0 Å². The zero-order valence-corrected chi connectivity index (χ0v) is 11.0. The van der Waals surface area contributed by atoms with E-state index in [1.165, 1.54) is 0 Å². The van der Waals surface area contributed by atoms with Crippen LogP contribution in [-0.4, -0.2) is 9.97 Å². The molecule has 1 aromatic carbocycles. The quantitative estimate of drug-likeness (QED) is 0.925. The van der Waals surface area contributed by atoms with Gasteiger partial charge in [0.05, 0.1) is 5.69 Å². The molecule has 0 unspecified atom stereocenters. The van der Waals surface area contributed by atoms with Gasteiger partial charge >= 0.3 is 6.01 Å². The van der Waals surface area contributed by atoms with Gasteiger partial charge in [0.2, 0.25) is 0 Å². The van der Waals surface area contributed by atoms with E-state index in [4.69, 9.17) is 22.1 Å². The SMILES string of the molecule is Cc1cc(Oc2nccc(CN)n2)cc(C)c1Cl. The van der Waals surface area contributed by atoms with Crippen LogP contribution in [0.2, 0.25) is 5.02 Å². The molecule has 0 bridgehead atoms. The molecule has 0 radical (unpaired) electrons. The minimum Gasteiger partial charge on any atom is -0.424 e. The summed E-state index contributed by atoms with van der Waals surface area (Å²) in [4.78, 5) is 8.22. The van der Waals surface area contributed by atoms with E-state index in [1.807, 2.05) is 26.0 Å². The summed E-state index contributed by atoms with van der Waals surface area (Å²) in [6.45, 7) is 4.22. The average Bonchev–Trinajstić information content (AvgIpc) is 2.36. The van der Waals surface area contributed by atoms with Crippen molar-refractivity contribution in [1.29, 1.82) is 0 Å². The van der Waals surface area contributed by atoms with Crippen molar-refractivity contribution in [3.63, 3.8) is 0 Å². The van der Waals surface area contributed by atoms with Crippen LogP contribution in [-0.2, 0) is 6.54 Å². The van der Waals surface area contributed by atoms with E-state index >= 15 is 0 Å². The molecule has 4 nitrogen and oxygen atoms in total. The zero-order chi connectivity index (χ0) is 13.1. The molecule has 0 amide bonds. The molecule has 1 heterocycles. The molecule has 0 aliphatic carbocycles. The first-order chi connectivity index (χ1) is 8.60. The lowest BCUT2D eigenvalue weighted by molar-refractivity contribution is 0.439. The van der Waals surface area contributed by atoms with Crippen LogP contribution in [0.5, 0.6) is 11.8 Å². The van der Waals surface area contributed by atoms with Gasteiger partial charge in [0.1, 0.15) is 5.75 Å². The Kier molecular flexibility index (Phi) is 3.79. The Balaban J connectivity index is 2.28. The second kappa shape index (κ2) is 5.33. The molecule has 2 aromatic rings. The van der Waals surface area contributed by atoms with Crippen molar-refractivity contribution in [2.75, 3.05) is 0 Å². The Morgan fingerprint density at radius 1 is 1.28 bits per heavy atom. The molecule has 0 aliphatic heterocycles. The van der Waals surface area contributed by atoms with Gasteiger partial charge in [-0.05, 0) is 43.2 Å². The normalized spacial score (nSPS) is 10.4. The van der Waals surface area contributed by atoms with Crippen molar-refractivity contribution >= 4 is 11.6 Å². The minimum atomic E-state index is 0.291. The molecule has 0 saturated carbocycles. The number of aromatic nitrogens is 2. The molecular formula is C13H14ClN3O. The Hall–Kier alpha value is -1.65. The molecule has 2 N–H and O–H groups in total. The van der Waals surface area contributed by atoms with E-state index in [1.54, 1.807) is 12.3 Å². The topological polar surface area (TPSA) is 61.0 Å². The summed E-state index contributed by atoms with van der Waals surface area (Å²) < 4.78 is 5.60. The number of rotatable bonds is 3. The van der Waals surface area contributed by atoms with Crippen LogP contribution in [0.3, 0.4) is 0 Å². The molecule has 0 spiro atoms. The van der Waals surface area contributed by atoms with Crippen molar-refractivity contribution < 1.29 is 4.74 Å². The summed E-state index contributed by atoms with van der Waals surface area (Å²) in [5.41, 5.74) is 8.17. The van der Waals surface area contributed by atoms with Crippen molar-refractivity contribution in [2.24, 2.45) is 5.73 Å². The van der Waals surface area contributed by atoms with E-state index in [-0.39, 0.29) is 0 Å². The number of halogens is 1. The summed E-state index contributed by atoms with van der Waals surface area (Å²) in [5.74, 6) is 0.670. The molecule has 18 heavy (non-hydrogen) atoms. The highest BCUT2D eigenvalue weighted by Gasteiger charge is 2.06. The fraction of sp³-hybridized carbons (Fsp3) is 0.231. The lowest BCUT2D eigenvalue weighted by atomic mass is 10.1. The van der Waals surface area contributed by atoms with Gasteiger partial charge in [-0.3, -0.25) is 0 Å². The summed E-state index contributed by atoms with van der Waals surface area (Å²) in [7, 11) is 0. The van der Waals surface area contributed by atoms with Crippen LogP contribution >= 0.6 is 11.6 Å². The van der Waals surface area contributed by atoms with Crippen LogP contribution in [0.4, 0.5) is 0 Å². The zero-order valence-electron chi connectivity index (χ0n) is 10.3. The second-order valence-electron chi connectivity index (χ2n) is 4.01. The third-order valence-electron chi connectivity index (χ3n) is 2.52. The second-order valence-corrected chi connectivity index (χ2v) is 4.39. The fourth-order valence-corrected chi connectivity index (χ4v) is 1.72. The first-order valence-electron chi connectivity index (χ1n) is 5.56. The molecule has 5 heteroatoms. The van der Waals surface area contributed by atoms with Crippen LogP contribution in [0.1, 0.15) is 16.8 Å². The Bertz CT molecular complexity index is 549. The van der Waals surface area contributed by atoms with Crippen LogP contribution in [0.25, 0.3) is 0 Å². The van der Waals surface area contributed by atoms with Gasteiger partial charge in [0.25, 0.3) is 0 Å². The summed E-state index contributed by atoms with van der Waals surface area (Å²) in [5, 5.41) is 0.749. The molecule has 0 aliphatic rings. The number of hydrogen-bond donors (Lipinski definition) is 1.